The predicted octanol–water partition coefficient (Wildman–Crippen LogP) is 2.84. The minimum Gasteiger partial charge on any atom is -0.366 e. The molecule has 0 unspecified atom stereocenters. The number of rotatable bonds is 5. The number of nitrogens with one attached hydrogen (secondary N) is 1. The highest BCUT2D eigenvalue weighted by atomic mass is 32.2. The molecule has 0 saturated carbocycles. The highest BCUT2D eigenvalue weighted by molar-refractivity contribution is 7.99. The lowest BCUT2D eigenvalue weighted by Crippen LogP contribution is -2.17. The summed E-state index contributed by atoms with van der Waals surface area (Å²) in [5.41, 5.74) is 6.61. The number of benzene rings is 1. The van der Waals surface area contributed by atoms with Crippen molar-refractivity contribution in [2.45, 2.75) is 5.16 Å². The Morgan fingerprint density at radius 1 is 1.24 bits per heavy atom. The molecule has 2 amide bonds. The van der Waals surface area contributed by atoms with E-state index in [0.29, 0.717) is 15.7 Å². The normalized spacial score (nSPS) is 11.2. The number of nitrogens with two attached hydrogens (primary N) is 1. The maximum Gasteiger partial charge on any atom is 0.251 e. The summed E-state index contributed by atoms with van der Waals surface area (Å²) in [5, 5.41) is 13.9. The zero-order valence-corrected chi connectivity index (χ0v) is 15.1. The molecule has 4 rings (SSSR count). The third-order valence-corrected chi connectivity index (χ3v) is 6.20. The van der Waals surface area contributed by atoms with Gasteiger partial charge in [-0.15, -0.1) is 21.5 Å². The van der Waals surface area contributed by atoms with Gasteiger partial charge in [-0.3, -0.25) is 14.0 Å². The van der Waals surface area contributed by atoms with Crippen LogP contribution in [0.2, 0.25) is 0 Å². The molecule has 0 aliphatic rings. The molecule has 0 saturated heterocycles. The van der Waals surface area contributed by atoms with Crippen molar-refractivity contribution in [2.75, 3.05) is 11.1 Å². The van der Waals surface area contributed by atoms with Gasteiger partial charge in [-0.05, 0) is 23.6 Å². The number of thiophene rings is 1. The van der Waals surface area contributed by atoms with Crippen LogP contribution in [0.4, 0.5) is 5.00 Å². The Morgan fingerprint density at radius 3 is 2.92 bits per heavy atom. The molecule has 0 radical (unpaired) electrons. The summed E-state index contributed by atoms with van der Waals surface area (Å²) in [4.78, 5) is 24.3. The molecule has 7 nitrogen and oxygen atoms in total. The second kappa shape index (κ2) is 6.47. The van der Waals surface area contributed by atoms with Crippen LogP contribution in [0.15, 0.2) is 40.9 Å². The van der Waals surface area contributed by atoms with Crippen molar-refractivity contribution in [1.82, 2.24) is 14.6 Å². The van der Waals surface area contributed by atoms with Crippen molar-refractivity contribution < 1.29 is 9.59 Å². The summed E-state index contributed by atoms with van der Waals surface area (Å²) in [5.74, 6) is -0.638. The molecule has 3 N–H and O–H groups in total. The van der Waals surface area contributed by atoms with Gasteiger partial charge in [0, 0.05) is 0 Å². The van der Waals surface area contributed by atoms with Gasteiger partial charge in [-0.1, -0.05) is 35.2 Å². The van der Waals surface area contributed by atoms with Crippen LogP contribution in [0.25, 0.3) is 15.2 Å². The molecule has 3 heterocycles. The summed E-state index contributed by atoms with van der Waals surface area (Å²) in [6, 6.07) is 9.55. The van der Waals surface area contributed by atoms with Gasteiger partial charge in [0.2, 0.25) is 10.9 Å². The molecule has 126 valence electrons. The van der Waals surface area contributed by atoms with Crippen molar-refractivity contribution >= 4 is 66.4 Å². The number of nitrogens with zero attached hydrogens (tertiary/aromatic N) is 3. The molecule has 4 aromatic rings. The zero-order chi connectivity index (χ0) is 17.4. The molecule has 0 fully saturated rings. The molecule has 0 aliphatic heterocycles. The van der Waals surface area contributed by atoms with E-state index in [2.05, 4.69) is 15.5 Å². The third kappa shape index (κ3) is 2.99. The van der Waals surface area contributed by atoms with Crippen LogP contribution in [0.1, 0.15) is 10.4 Å². The lowest BCUT2D eigenvalue weighted by atomic mass is 10.3. The molecular weight excluding hydrogens is 378 g/mol. The van der Waals surface area contributed by atoms with Crippen LogP contribution >= 0.6 is 34.4 Å². The van der Waals surface area contributed by atoms with Gasteiger partial charge in [0.25, 0.3) is 5.91 Å². The van der Waals surface area contributed by atoms with E-state index in [4.69, 9.17) is 5.73 Å². The minimum absolute atomic E-state index is 0.154. The van der Waals surface area contributed by atoms with Crippen molar-refractivity contribution in [3.63, 3.8) is 0 Å². The average molecular weight is 389 g/mol. The monoisotopic (exact) mass is 389 g/mol. The Hall–Kier alpha value is -2.43. The summed E-state index contributed by atoms with van der Waals surface area (Å²) in [7, 11) is 0. The number of thioether (sulfide) groups is 1. The van der Waals surface area contributed by atoms with Gasteiger partial charge in [0.15, 0.2) is 5.16 Å². The van der Waals surface area contributed by atoms with Crippen molar-refractivity contribution in [2.24, 2.45) is 5.73 Å². The molecule has 10 heteroatoms. The Kier molecular flexibility index (Phi) is 4.15. The number of hydrogen-bond donors (Lipinski definition) is 2. The second-order valence-electron chi connectivity index (χ2n) is 5.03. The summed E-state index contributed by atoms with van der Waals surface area (Å²) in [6.07, 6.45) is 0. The number of thiazole rings is 1. The Labute approximate surface area is 153 Å². The number of para-hydroxylation sites is 1. The lowest BCUT2D eigenvalue weighted by Gasteiger charge is -2.04. The molecule has 0 spiro atoms. The van der Waals surface area contributed by atoms with E-state index < -0.39 is 5.91 Å². The summed E-state index contributed by atoms with van der Waals surface area (Å²) in [6.45, 7) is 0. The fraction of sp³-hybridized carbons (Fsp3) is 0.0667. The van der Waals surface area contributed by atoms with Crippen LogP contribution in [0, 0.1) is 0 Å². The second-order valence-corrected chi connectivity index (χ2v) is 7.90. The minimum atomic E-state index is -0.562. The number of aromatic nitrogens is 3. The zero-order valence-electron chi connectivity index (χ0n) is 12.6. The van der Waals surface area contributed by atoms with Crippen LogP contribution in [0.3, 0.4) is 0 Å². The van der Waals surface area contributed by atoms with Gasteiger partial charge >= 0.3 is 0 Å². The number of anilines is 1. The van der Waals surface area contributed by atoms with Gasteiger partial charge in [0.05, 0.1) is 21.5 Å². The van der Waals surface area contributed by atoms with Crippen LogP contribution in [0.5, 0.6) is 0 Å². The summed E-state index contributed by atoms with van der Waals surface area (Å²) < 4.78 is 3.06. The highest BCUT2D eigenvalue weighted by Crippen LogP contribution is 2.29. The van der Waals surface area contributed by atoms with E-state index in [1.54, 1.807) is 22.8 Å². The smallest absolute Gasteiger partial charge is 0.251 e. The standard InChI is InChI=1S/C15H11N5O2S3/c16-12(22)8-5-6-23-13(8)17-11(21)7-24-14-18-19-15-20(14)9-3-1-2-4-10(9)25-15/h1-6H,7H2,(H2,16,22)(H,17,21). The van der Waals surface area contributed by atoms with E-state index >= 15 is 0 Å². The van der Waals surface area contributed by atoms with E-state index in [0.717, 1.165) is 15.2 Å². The largest absolute Gasteiger partial charge is 0.366 e. The number of fused-ring (bicyclic) bond motifs is 3. The van der Waals surface area contributed by atoms with Gasteiger partial charge in [-0.2, -0.15) is 0 Å². The van der Waals surface area contributed by atoms with Crippen molar-refractivity contribution in [3.05, 3.63) is 41.3 Å². The van der Waals surface area contributed by atoms with Gasteiger partial charge < -0.3 is 11.1 Å². The first-order valence-electron chi connectivity index (χ1n) is 7.16. The fourth-order valence-electron chi connectivity index (χ4n) is 2.34. The number of amides is 2. The van der Waals surface area contributed by atoms with E-state index in [9.17, 15) is 9.59 Å². The highest BCUT2D eigenvalue weighted by Gasteiger charge is 2.16. The molecule has 0 bridgehead atoms. The quantitative estimate of drug-likeness (QED) is 0.511. The third-order valence-electron chi connectivity index (χ3n) is 3.43. The summed E-state index contributed by atoms with van der Waals surface area (Å²) >= 11 is 4.11. The SMILES string of the molecule is NC(=O)c1ccsc1NC(=O)CSc1nnc2sc3ccccc3n12. The molecule has 3 aromatic heterocycles. The van der Waals surface area contributed by atoms with E-state index in [-0.39, 0.29) is 11.7 Å². The van der Waals surface area contributed by atoms with Crippen molar-refractivity contribution in [1.29, 1.82) is 0 Å². The first-order valence-corrected chi connectivity index (χ1v) is 9.84. The number of primary amides is 1. The maximum atomic E-state index is 12.2. The predicted molar refractivity (Wildman–Crippen MR) is 101 cm³/mol. The Bertz CT molecular complexity index is 1100. The van der Waals surface area contributed by atoms with Crippen LogP contribution in [-0.2, 0) is 4.79 Å². The van der Waals surface area contributed by atoms with Gasteiger partial charge in [-0.25, -0.2) is 0 Å². The van der Waals surface area contributed by atoms with Crippen LogP contribution in [-0.4, -0.2) is 32.2 Å². The Morgan fingerprint density at radius 2 is 2.08 bits per heavy atom. The molecule has 1 aromatic carbocycles. The molecular formula is C15H11N5O2S3. The average Bonchev–Trinajstić information content (AvgIpc) is 3.27. The number of hydrogen-bond acceptors (Lipinski definition) is 7. The molecule has 0 aliphatic carbocycles. The number of carbonyl (C=O) groups excluding carboxylic acids is 2. The van der Waals surface area contributed by atoms with E-state index in [1.807, 2.05) is 28.7 Å². The van der Waals surface area contributed by atoms with Crippen LogP contribution < -0.4 is 11.1 Å². The van der Waals surface area contributed by atoms with Gasteiger partial charge in [0.1, 0.15) is 5.00 Å². The van der Waals surface area contributed by atoms with E-state index in [1.165, 1.54) is 23.1 Å². The maximum absolute atomic E-state index is 12.2. The Balaban J connectivity index is 1.51. The molecule has 25 heavy (non-hydrogen) atoms. The first kappa shape index (κ1) is 16.1. The number of carbonyl (C=O) groups is 2. The fourth-order valence-corrected chi connectivity index (χ4v) is 4.92. The first-order chi connectivity index (χ1) is 12.1. The topological polar surface area (TPSA) is 102 Å². The van der Waals surface area contributed by atoms with Crippen molar-refractivity contribution in [3.8, 4) is 0 Å². The molecule has 0 atom stereocenters. The lowest BCUT2D eigenvalue weighted by molar-refractivity contribution is -0.113.